The summed E-state index contributed by atoms with van der Waals surface area (Å²) in [6, 6.07) is 0. The first kappa shape index (κ1) is 24.9. The van der Waals surface area contributed by atoms with Crippen LogP contribution in [0.15, 0.2) is 0 Å². The lowest BCUT2D eigenvalue weighted by atomic mass is 10.0. The van der Waals surface area contributed by atoms with E-state index in [2.05, 4.69) is 5.32 Å². The highest BCUT2D eigenvalue weighted by Gasteiger charge is 2.23. The lowest BCUT2D eigenvalue weighted by Crippen LogP contribution is -2.33. The van der Waals surface area contributed by atoms with E-state index in [0.717, 1.165) is 45.1 Å². The second-order valence-corrected chi connectivity index (χ2v) is 7.44. The minimum atomic E-state index is -0.821. The maximum absolute atomic E-state index is 10.8. The molecule has 154 valence electrons. The molecule has 0 aromatic rings. The summed E-state index contributed by atoms with van der Waals surface area (Å²) in [7, 11) is 0. The van der Waals surface area contributed by atoms with Crippen molar-refractivity contribution in [3.63, 3.8) is 0 Å². The Morgan fingerprint density at radius 3 is 2.00 bits per heavy atom. The van der Waals surface area contributed by atoms with Crippen LogP contribution in [0.1, 0.15) is 85.5 Å². The first-order valence-electron chi connectivity index (χ1n) is 10.0. The third kappa shape index (κ3) is 14.1. The van der Waals surface area contributed by atoms with Gasteiger partial charge in [-0.2, -0.15) is 0 Å². The van der Waals surface area contributed by atoms with Crippen LogP contribution in [-0.2, 0) is 14.3 Å². The quantitative estimate of drug-likeness (QED) is 0.360. The van der Waals surface area contributed by atoms with E-state index in [9.17, 15) is 14.7 Å². The van der Waals surface area contributed by atoms with Crippen molar-refractivity contribution >= 4 is 11.9 Å². The molecular weight excluding hydrogens is 334 g/mol. The molecule has 0 radical (unpaired) electrons. The molecule has 0 rings (SSSR count). The molecule has 4 atom stereocenters. The third-order valence-corrected chi connectivity index (χ3v) is 4.76. The van der Waals surface area contributed by atoms with Gasteiger partial charge in [0.25, 0.3) is 0 Å². The van der Waals surface area contributed by atoms with E-state index >= 15 is 0 Å². The molecule has 0 bridgehead atoms. The predicted octanol–water partition coefficient (Wildman–Crippen LogP) is 3.51. The molecule has 26 heavy (non-hydrogen) atoms. The van der Waals surface area contributed by atoms with Crippen molar-refractivity contribution in [1.82, 2.24) is 5.32 Å². The molecule has 0 fully saturated rings. The lowest BCUT2D eigenvalue weighted by molar-refractivity contribution is -0.141. The summed E-state index contributed by atoms with van der Waals surface area (Å²) in [5.41, 5.74) is 0. The minimum absolute atomic E-state index is 0.0338. The summed E-state index contributed by atoms with van der Waals surface area (Å²) in [4.78, 5) is 21.5. The molecule has 1 amide bonds. The number of aliphatic hydroxyl groups excluding tert-OH is 1. The Hall–Kier alpha value is -1.14. The number of unbranched alkanes of at least 4 members (excludes halogenated alkanes) is 6. The Balaban J connectivity index is 3.81. The van der Waals surface area contributed by atoms with Gasteiger partial charge in [-0.05, 0) is 32.6 Å². The molecule has 0 aromatic carbocycles. The molecule has 0 aliphatic rings. The van der Waals surface area contributed by atoms with Crippen molar-refractivity contribution in [3.05, 3.63) is 0 Å². The van der Waals surface area contributed by atoms with Crippen molar-refractivity contribution in [2.45, 2.75) is 104 Å². The van der Waals surface area contributed by atoms with Crippen LogP contribution in [0.3, 0.4) is 0 Å². The highest BCUT2D eigenvalue weighted by molar-refractivity contribution is 5.72. The SMILES string of the molecule is CC(=O)NCCCCCCCCCC(OC(C)C(C)CC(=O)O)C(C)O. The van der Waals surface area contributed by atoms with Gasteiger partial charge in [0, 0.05) is 13.5 Å². The highest BCUT2D eigenvalue weighted by Crippen LogP contribution is 2.19. The van der Waals surface area contributed by atoms with Gasteiger partial charge in [-0.25, -0.2) is 0 Å². The molecule has 0 aliphatic carbocycles. The maximum atomic E-state index is 10.8. The number of aliphatic carboxylic acids is 1. The molecule has 3 N–H and O–H groups in total. The van der Waals surface area contributed by atoms with Crippen molar-refractivity contribution in [3.8, 4) is 0 Å². The normalized spacial score (nSPS) is 15.9. The number of ether oxygens (including phenoxy) is 1. The molecule has 6 heteroatoms. The fraction of sp³-hybridized carbons (Fsp3) is 0.900. The van der Waals surface area contributed by atoms with Crippen LogP contribution >= 0.6 is 0 Å². The number of carboxylic acids is 1. The fourth-order valence-electron chi connectivity index (χ4n) is 2.89. The van der Waals surface area contributed by atoms with Gasteiger partial charge in [0.2, 0.25) is 5.91 Å². The summed E-state index contributed by atoms with van der Waals surface area (Å²) >= 11 is 0. The monoisotopic (exact) mass is 373 g/mol. The summed E-state index contributed by atoms with van der Waals surface area (Å²) in [5.74, 6) is -0.864. The minimum Gasteiger partial charge on any atom is -0.481 e. The Morgan fingerprint density at radius 1 is 0.962 bits per heavy atom. The van der Waals surface area contributed by atoms with Gasteiger partial charge in [-0.1, -0.05) is 45.4 Å². The van der Waals surface area contributed by atoms with Gasteiger partial charge in [-0.3, -0.25) is 9.59 Å². The van der Waals surface area contributed by atoms with Crippen LogP contribution < -0.4 is 5.32 Å². The number of aliphatic hydroxyl groups is 1. The fourth-order valence-corrected chi connectivity index (χ4v) is 2.89. The molecule has 6 nitrogen and oxygen atoms in total. The van der Waals surface area contributed by atoms with Gasteiger partial charge in [0.05, 0.1) is 24.7 Å². The van der Waals surface area contributed by atoms with E-state index in [4.69, 9.17) is 9.84 Å². The smallest absolute Gasteiger partial charge is 0.303 e. The van der Waals surface area contributed by atoms with Crippen LogP contribution in [0.25, 0.3) is 0 Å². The largest absolute Gasteiger partial charge is 0.481 e. The number of hydrogen-bond acceptors (Lipinski definition) is 4. The van der Waals surface area contributed by atoms with Gasteiger partial charge < -0.3 is 20.3 Å². The van der Waals surface area contributed by atoms with Gasteiger partial charge in [0.1, 0.15) is 0 Å². The summed E-state index contributed by atoms with van der Waals surface area (Å²) in [6.07, 6.45) is 7.71. The van der Waals surface area contributed by atoms with E-state index in [0.29, 0.717) is 0 Å². The standard InChI is InChI=1S/C20H39NO5/c1-15(14-20(24)25)17(3)26-19(16(2)22)12-10-8-6-5-7-9-11-13-21-18(4)23/h15-17,19,22H,5-14H2,1-4H3,(H,21,23)(H,24,25). The number of carbonyl (C=O) groups excluding carboxylic acids is 1. The van der Waals surface area contributed by atoms with Gasteiger partial charge >= 0.3 is 5.97 Å². The third-order valence-electron chi connectivity index (χ3n) is 4.76. The second kappa shape index (κ2) is 15.0. The molecule has 0 spiro atoms. The van der Waals surface area contributed by atoms with Crippen molar-refractivity contribution in [1.29, 1.82) is 0 Å². The number of carboxylic acid groups (broad SMARTS) is 1. The number of rotatable bonds is 16. The van der Waals surface area contributed by atoms with Crippen LogP contribution in [0, 0.1) is 5.92 Å². The topological polar surface area (TPSA) is 95.9 Å². The Labute approximate surface area is 158 Å². The molecule has 0 saturated heterocycles. The summed E-state index contributed by atoms with van der Waals surface area (Å²) in [5, 5.41) is 21.6. The van der Waals surface area contributed by atoms with Crippen molar-refractivity contribution in [2.24, 2.45) is 5.92 Å². The van der Waals surface area contributed by atoms with E-state index in [1.807, 2.05) is 13.8 Å². The predicted molar refractivity (Wildman–Crippen MR) is 103 cm³/mol. The second-order valence-electron chi connectivity index (χ2n) is 7.44. The summed E-state index contributed by atoms with van der Waals surface area (Å²) < 4.78 is 5.92. The van der Waals surface area contributed by atoms with Crippen LogP contribution in [-0.4, -0.2) is 46.9 Å². The Bertz CT molecular complexity index is 386. The molecule has 4 unspecified atom stereocenters. The van der Waals surface area contributed by atoms with Gasteiger partial charge in [0.15, 0.2) is 0 Å². The summed E-state index contributed by atoms with van der Waals surface area (Å²) in [6.45, 7) is 7.78. The average Bonchev–Trinajstić information content (AvgIpc) is 2.53. The van der Waals surface area contributed by atoms with E-state index < -0.39 is 12.1 Å². The average molecular weight is 374 g/mol. The maximum Gasteiger partial charge on any atom is 0.303 e. The van der Waals surface area contributed by atoms with E-state index in [1.54, 1.807) is 6.92 Å². The van der Waals surface area contributed by atoms with Gasteiger partial charge in [-0.15, -0.1) is 0 Å². The van der Waals surface area contributed by atoms with Crippen LogP contribution in [0.5, 0.6) is 0 Å². The molecule has 0 aromatic heterocycles. The van der Waals surface area contributed by atoms with Crippen molar-refractivity contribution in [2.75, 3.05) is 6.54 Å². The first-order valence-corrected chi connectivity index (χ1v) is 10.0. The zero-order chi connectivity index (χ0) is 19.9. The Morgan fingerprint density at radius 2 is 1.50 bits per heavy atom. The van der Waals surface area contributed by atoms with E-state index in [1.165, 1.54) is 19.8 Å². The molecule has 0 heterocycles. The van der Waals surface area contributed by atoms with E-state index in [-0.39, 0.29) is 30.5 Å². The lowest BCUT2D eigenvalue weighted by Gasteiger charge is -2.27. The molecule has 0 aliphatic heterocycles. The number of amides is 1. The van der Waals surface area contributed by atoms with Crippen LogP contribution in [0.4, 0.5) is 0 Å². The highest BCUT2D eigenvalue weighted by atomic mass is 16.5. The zero-order valence-electron chi connectivity index (χ0n) is 17.0. The Kier molecular flexibility index (Phi) is 14.3. The number of nitrogens with one attached hydrogen (secondary N) is 1. The molecular formula is C20H39NO5. The number of hydrogen-bond donors (Lipinski definition) is 3. The van der Waals surface area contributed by atoms with Crippen molar-refractivity contribution < 1.29 is 24.5 Å². The molecule has 0 saturated carbocycles. The first-order chi connectivity index (χ1) is 12.2. The zero-order valence-corrected chi connectivity index (χ0v) is 17.0. The van der Waals surface area contributed by atoms with Crippen LogP contribution in [0.2, 0.25) is 0 Å². The number of carbonyl (C=O) groups is 2.